The van der Waals surface area contributed by atoms with E-state index in [1.165, 1.54) is 0 Å². The number of aliphatic carboxylic acids is 1. The van der Waals surface area contributed by atoms with Gasteiger partial charge in [0, 0.05) is 31.3 Å². The van der Waals surface area contributed by atoms with Crippen LogP contribution in [0.1, 0.15) is 36.8 Å². The molecular formula is C24H26N2O6. The molecule has 0 saturated carbocycles. The van der Waals surface area contributed by atoms with E-state index in [1.54, 1.807) is 6.92 Å². The van der Waals surface area contributed by atoms with Crippen LogP contribution in [0.2, 0.25) is 0 Å². The van der Waals surface area contributed by atoms with Crippen molar-refractivity contribution >= 4 is 18.0 Å². The summed E-state index contributed by atoms with van der Waals surface area (Å²) in [4.78, 5) is 37.3. The van der Waals surface area contributed by atoms with Crippen molar-refractivity contribution in [2.24, 2.45) is 0 Å². The summed E-state index contributed by atoms with van der Waals surface area (Å²) in [7, 11) is 0. The highest BCUT2D eigenvalue weighted by molar-refractivity contribution is 5.85. The highest BCUT2D eigenvalue weighted by atomic mass is 16.5. The number of carbonyl (C=O) groups is 3. The number of hydrogen-bond donors (Lipinski definition) is 3. The van der Waals surface area contributed by atoms with Crippen molar-refractivity contribution in [3.63, 3.8) is 0 Å². The number of amides is 2. The van der Waals surface area contributed by atoms with Gasteiger partial charge in [0.15, 0.2) is 0 Å². The van der Waals surface area contributed by atoms with Crippen LogP contribution in [0.15, 0.2) is 48.5 Å². The first-order valence-electron chi connectivity index (χ1n) is 10.7. The number of carbonyl (C=O) groups excluding carboxylic acids is 2. The molecule has 168 valence electrons. The van der Waals surface area contributed by atoms with Gasteiger partial charge < -0.3 is 25.2 Å². The molecule has 1 fully saturated rings. The molecule has 0 radical (unpaired) electrons. The molecule has 3 atom stereocenters. The molecule has 2 aromatic rings. The number of β-amino-alcohol motifs (C(OH)–C–C–N with tert-alkyl or cyclic N) is 1. The molecule has 32 heavy (non-hydrogen) atoms. The van der Waals surface area contributed by atoms with Crippen molar-refractivity contribution in [1.29, 1.82) is 0 Å². The molecule has 0 spiro atoms. The van der Waals surface area contributed by atoms with Crippen LogP contribution in [0.4, 0.5) is 4.79 Å². The van der Waals surface area contributed by atoms with Crippen molar-refractivity contribution in [2.45, 2.75) is 43.9 Å². The number of likely N-dealkylation sites (tertiary alicyclic amines) is 1. The average Bonchev–Trinajstić information content (AvgIpc) is 3.31. The molecule has 3 N–H and O–H groups in total. The maximum Gasteiger partial charge on any atom is 0.407 e. The highest BCUT2D eigenvalue weighted by Crippen LogP contribution is 2.44. The molecule has 1 saturated heterocycles. The molecular weight excluding hydrogens is 412 g/mol. The second-order valence-corrected chi connectivity index (χ2v) is 8.36. The molecule has 4 rings (SSSR count). The van der Waals surface area contributed by atoms with Gasteiger partial charge in [-0.05, 0) is 29.2 Å². The third-order valence-electron chi connectivity index (χ3n) is 6.07. The van der Waals surface area contributed by atoms with Crippen molar-refractivity contribution in [3.8, 4) is 11.1 Å². The van der Waals surface area contributed by atoms with Gasteiger partial charge in [0.2, 0.25) is 5.91 Å². The Morgan fingerprint density at radius 3 is 2.28 bits per heavy atom. The fraction of sp³-hybridized carbons (Fsp3) is 0.375. The summed E-state index contributed by atoms with van der Waals surface area (Å²) in [5, 5.41) is 21.6. The molecule has 8 heteroatoms. The van der Waals surface area contributed by atoms with Crippen LogP contribution in [-0.4, -0.2) is 64.4 Å². The first kappa shape index (κ1) is 21.8. The lowest BCUT2D eigenvalue weighted by molar-refractivity contribution is -0.148. The molecule has 0 aromatic heterocycles. The number of nitrogens with one attached hydrogen (secondary N) is 1. The molecule has 2 amide bonds. The Labute approximate surface area is 185 Å². The number of nitrogens with zero attached hydrogens (tertiary/aromatic N) is 1. The van der Waals surface area contributed by atoms with Gasteiger partial charge in [-0.15, -0.1) is 0 Å². The maximum absolute atomic E-state index is 12.5. The summed E-state index contributed by atoms with van der Waals surface area (Å²) in [6.45, 7) is 1.80. The molecule has 2 aliphatic rings. The van der Waals surface area contributed by atoms with Gasteiger partial charge in [-0.2, -0.15) is 0 Å². The topological polar surface area (TPSA) is 116 Å². The van der Waals surface area contributed by atoms with Gasteiger partial charge in [-0.3, -0.25) is 4.79 Å². The van der Waals surface area contributed by atoms with Crippen molar-refractivity contribution in [3.05, 3.63) is 59.7 Å². The number of aliphatic hydroxyl groups is 1. The van der Waals surface area contributed by atoms with Crippen molar-refractivity contribution < 1.29 is 29.3 Å². The van der Waals surface area contributed by atoms with Gasteiger partial charge in [0.05, 0.1) is 6.10 Å². The number of hydrogen-bond acceptors (Lipinski definition) is 5. The summed E-state index contributed by atoms with van der Waals surface area (Å²) in [5.41, 5.74) is 4.49. The number of carboxylic acids is 1. The summed E-state index contributed by atoms with van der Waals surface area (Å²) in [6, 6.07) is 14.5. The molecule has 1 aliphatic heterocycles. The molecule has 0 bridgehead atoms. The van der Waals surface area contributed by atoms with E-state index in [9.17, 15) is 24.6 Å². The Morgan fingerprint density at radius 2 is 1.69 bits per heavy atom. The van der Waals surface area contributed by atoms with Gasteiger partial charge in [0.25, 0.3) is 0 Å². The largest absolute Gasteiger partial charge is 0.480 e. The SMILES string of the molecule is C[C@@H](CC(=O)N1C[C@H](O)C[C@@H]1C(=O)O)NC(=O)OCC1c2ccccc2-c2ccccc21. The number of alkyl carbamates (subject to hydrolysis) is 1. The number of benzene rings is 2. The van der Waals surface area contributed by atoms with Gasteiger partial charge >= 0.3 is 12.1 Å². The number of fused-ring (bicyclic) bond motifs is 3. The lowest BCUT2D eigenvalue weighted by atomic mass is 9.98. The average molecular weight is 438 g/mol. The second kappa shape index (κ2) is 9.00. The molecule has 0 unspecified atom stereocenters. The van der Waals surface area contributed by atoms with E-state index in [4.69, 9.17) is 4.74 Å². The quantitative estimate of drug-likeness (QED) is 0.638. The van der Waals surface area contributed by atoms with E-state index in [2.05, 4.69) is 17.4 Å². The van der Waals surface area contributed by atoms with Gasteiger partial charge in [-0.1, -0.05) is 48.5 Å². The minimum atomic E-state index is -1.15. The minimum absolute atomic E-state index is 0.00919. The zero-order valence-electron chi connectivity index (χ0n) is 17.7. The van der Waals surface area contributed by atoms with Gasteiger partial charge in [0.1, 0.15) is 12.6 Å². The normalized spacial score (nSPS) is 20.4. The Bertz CT molecular complexity index is 993. The van der Waals surface area contributed by atoms with E-state index in [0.717, 1.165) is 27.2 Å². The van der Waals surface area contributed by atoms with Crippen LogP contribution in [0.25, 0.3) is 11.1 Å². The van der Waals surface area contributed by atoms with Crippen LogP contribution in [-0.2, 0) is 14.3 Å². The first-order valence-corrected chi connectivity index (χ1v) is 10.7. The zero-order chi connectivity index (χ0) is 22.8. The van der Waals surface area contributed by atoms with E-state index in [1.807, 2.05) is 36.4 Å². The Hall–Kier alpha value is -3.39. The number of ether oxygens (including phenoxy) is 1. The van der Waals surface area contributed by atoms with Crippen molar-refractivity contribution in [2.75, 3.05) is 13.2 Å². The van der Waals surface area contributed by atoms with Crippen LogP contribution in [0.5, 0.6) is 0 Å². The van der Waals surface area contributed by atoms with Gasteiger partial charge in [-0.25, -0.2) is 9.59 Å². The van der Waals surface area contributed by atoms with Crippen LogP contribution in [0, 0.1) is 0 Å². The number of aliphatic hydroxyl groups excluding tert-OH is 1. The predicted octanol–water partition coefficient (Wildman–Crippen LogP) is 2.35. The van der Waals surface area contributed by atoms with E-state index < -0.39 is 36.2 Å². The fourth-order valence-electron chi connectivity index (χ4n) is 4.60. The minimum Gasteiger partial charge on any atom is -0.480 e. The van der Waals surface area contributed by atoms with E-state index >= 15 is 0 Å². The molecule has 2 aromatic carbocycles. The molecule has 1 heterocycles. The maximum atomic E-state index is 12.5. The monoisotopic (exact) mass is 438 g/mol. The number of rotatable bonds is 6. The zero-order valence-corrected chi connectivity index (χ0v) is 17.7. The van der Waals surface area contributed by atoms with E-state index in [-0.39, 0.29) is 31.9 Å². The lowest BCUT2D eigenvalue weighted by Gasteiger charge is -2.23. The van der Waals surface area contributed by atoms with Crippen LogP contribution >= 0.6 is 0 Å². The van der Waals surface area contributed by atoms with Crippen LogP contribution in [0.3, 0.4) is 0 Å². The highest BCUT2D eigenvalue weighted by Gasteiger charge is 2.39. The molecule has 8 nitrogen and oxygen atoms in total. The Morgan fingerprint density at radius 1 is 1.09 bits per heavy atom. The summed E-state index contributed by atoms with van der Waals surface area (Å²) < 4.78 is 5.48. The third kappa shape index (κ3) is 4.31. The summed E-state index contributed by atoms with van der Waals surface area (Å²) in [5.74, 6) is -1.64. The summed E-state index contributed by atoms with van der Waals surface area (Å²) in [6.07, 6.45) is -1.57. The Kier molecular flexibility index (Phi) is 6.14. The second-order valence-electron chi connectivity index (χ2n) is 8.36. The van der Waals surface area contributed by atoms with Crippen molar-refractivity contribution in [1.82, 2.24) is 10.2 Å². The number of carboxylic acid groups (broad SMARTS) is 1. The molecule has 1 aliphatic carbocycles. The lowest BCUT2D eigenvalue weighted by Crippen LogP contribution is -2.44. The summed E-state index contributed by atoms with van der Waals surface area (Å²) >= 11 is 0. The fourth-order valence-corrected chi connectivity index (χ4v) is 4.60. The Balaban J connectivity index is 1.33. The standard InChI is InChI=1S/C24H26N2O6/c1-14(10-22(28)26-12-15(27)11-21(26)23(29)30)25-24(31)32-13-20-18-8-4-2-6-16(18)17-7-3-5-9-19(17)20/h2-9,14-15,20-21,27H,10-13H2,1H3,(H,25,31)(H,29,30)/t14-,15+,21+/m0/s1. The van der Waals surface area contributed by atoms with Crippen LogP contribution < -0.4 is 5.32 Å². The smallest absolute Gasteiger partial charge is 0.407 e. The third-order valence-corrected chi connectivity index (χ3v) is 6.07. The van der Waals surface area contributed by atoms with E-state index in [0.29, 0.717) is 0 Å². The predicted molar refractivity (Wildman–Crippen MR) is 116 cm³/mol. The first-order chi connectivity index (χ1) is 15.3.